The molecular formula is C19H19N5O3. The zero-order valence-corrected chi connectivity index (χ0v) is 15.0. The third kappa shape index (κ3) is 4.75. The number of nitrogens with one attached hydrogen (secondary N) is 1. The van der Waals surface area contributed by atoms with Crippen LogP contribution in [0.4, 0.5) is 5.69 Å². The minimum atomic E-state index is -0.622. The van der Waals surface area contributed by atoms with Gasteiger partial charge in [-0.1, -0.05) is 48.5 Å². The number of ether oxygens (including phenoxy) is 1. The number of carbonyl (C=O) groups is 2. The molecule has 0 saturated heterocycles. The fourth-order valence-electron chi connectivity index (χ4n) is 2.51. The van der Waals surface area contributed by atoms with Gasteiger partial charge in [0.1, 0.15) is 0 Å². The van der Waals surface area contributed by atoms with E-state index >= 15 is 0 Å². The van der Waals surface area contributed by atoms with Crippen molar-refractivity contribution in [3.8, 4) is 11.4 Å². The molecule has 0 bridgehead atoms. The summed E-state index contributed by atoms with van der Waals surface area (Å²) in [5.41, 5.74) is 3.40. The van der Waals surface area contributed by atoms with Gasteiger partial charge in [-0.3, -0.25) is 4.79 Å². The summed E-state index contributed by atoms with van der Waals surface area (Å²) < 4.78 is 5.00. The van der Waals surface area contributed by atoms with Crippen LogP contribution in [0.3, 0.4) is 0 Å². The Morgan fingerprint density at radius 2 is 1.74 bits per heavy atom. The van der Waals surface area contributed by atoms with Gasteiger partial charge in [0.2, 0.25) is 5.82 Å². The molecule has 8 nitrogen and oxygen atoms in total. The predicted molar refractivity (Wildman–Crippen MR) is 98.8 cm³/mol. The first-order chi connectivity index (χ1) is 13.0. The summed E-state index contributed by atoms with van der Waals surface area (Å²) >= 11 is 0. The van der Waals surface area contributed by atoms with E-state index in [0.29, 0.717) is 5.82 Å². The SMILES string of the molecule is Cc1cccc(C)c1NC(=O)COC(=O)Cn1nnc(-c2ccccc2)n1. The second kappa shape index (κ2) is 8.22. The summed E-state index contributed by atoms with van der Waals surface area (Å²) in [4.78, 5) is 25.1. The molecule has 1 aromatic heterocycles. The van der Waals surface area contributed by atoms with Crippen LogP contribution in [-0.2, 0) is 20.9 Å². The second-order valence-corrected chi connectivity index (χ2v) is 5.99. The van der Waals surface area contributed by atoms with Gasteiger partial charge in [-0.05, 0) is 30.2 Å². The molecule has 138 valence electrons. The number of esters is 1. The van der Waals surface area contributed by atoms with E-state index in [1.807, 2.05) is 62.4 Å². The quantitative estimate of drug-likeness (QED) is 0.672. The highest BCUT2D eigenvalue weighted by molar-refractivity contribution is 5.94. The number of aromatic nitrogens is 4. The van der Waals surface area contributed by atoms with Crippen molar-refractivity contribution in [3.05, 3.63) is 59.7 Å². The Balaban J connectivity index is 1.51. The molecule has 0 radical (unpaired) electrons. The lowest BCUT2D eigenvalue weighted by atomic mass is 10.1. The van der Waals surface area contributed by atoms with E-state index in [0.717, 1.165) is 27.2 Å². The summed E-state index contributed by atoms with van der Waals surface area (Å²) in [5.74, 6) is -0.614. The number of benzene rings is 2. The Kier molecular flexibility index (Phi) is 5.55. The van der Waals surface area contributed by atoms with Crippen molar-refractivity contribution in [2.24, 2.45) is 0 Å². The normalized spacial score (nSPS) is 10.4. The van der Waals surface area contributed by atoms with E-state index in [-0.39, 0.29) is 13.2 Å². The maximum Gasteiger partial charge on any atom is 0.330 e. The van der Waals surface area contributed by atoms with Crippen LogP contribution >= 0.6 is 0 Å². The van der Waals surface area contributed by atoms with Gasteiger partial charge in [0, 0.05) is 11.3 Å². The highest BCUT2D eigenvalue weighted by atomic mass is 16.5. The molecule has 2 aromatic carbocycles. The molecule has 27 heavy (non-hydrogen) atoms. The zero-order valence-electron chi connectivity index (χ0n) is 15.0. The van der Waals surface area contributed by atoms with Crippen LogP contribution in [0.2, 0.25) is 0 Å². The van der Waals surface area contributed by atoms with Crippen molar-refractivity contribution in [1.29, 1.82) is 0 Å². The van der Waals surface area contributed by atoms with Gasteiger partial charge in [0.25, 0.3) is 5.91 Å². The van der Waals surface area contributed by atoms with Gasteiger partial charge in [-0.25, -0.2) is 4.79 Å². The lowest BCUT2D eigenvalue weighted by Crippen LogP contribution is -2.24. The first kappa shape index (κ1) is 18.2. The fourth-order valence-corrected chi connectivity index (χ4v) is 2.51. The smallest absolute Gasteiger partial charge is 0.330 e. The minimum Gasteiger partial charge on any atom is -0.454 e. The lowest BCUT2D eigenvalue weighted by molar-refractivity contribution is -0.148. The van der Waals surface area contributed by atoms with Gasteiger partial charge >= 0.3 is 5.97 Å². The Morgan fingerprint density at radius 1 is 1.04 bits per heavy atom. The van der Waals surface area contributed by atoms with Gasteiger partial charge in [-0.15, -0.1) is 10.2 Å². The number of hydrogen-bond donors (Lipinski definition) is 1. The van der Waals surface area contributed by atoms with Crippen molar-refractivity contribution in [2.45, 2.75) is 20.4 Å². The maximum atomic E-state index is 12.0. The standard InChI is InChI=1S/C19H19N5O3/c1-13-7-6-8-14(2)18(13)20-16(25)12-27-17(26)11-24-22-19(21-23-24)15-9-4-3-5-10-15/h3-10H,11-12H2,1-2H3,(H,20,25). The number of amides is 1. The average molecular weight is 365 g/mol. The highest BCUT2D eigenvalue weighted by Gasteiger charge is 2.13. The molecule has 0 atom stereocenters. The molecule has 0 fully saturated rings. The van der Waals surface area contributed by atoms with Gasteiger partial charge < -0.3 is 10.1 Å². The maximum absolute atomic E-state index is 12.0. The molecular weight excluding hydrogens is 346 g/mol. The summed E-state index contributed by atoms with van der Waals surface area (Å²) in [6, 6.07) is 15.0. The largest absolute Gasteiger partial charge is 0.454 e. The predicted octanol–water partition coefficient (Wildman–Crippen LogP) is 2.14. The minimum absolute atomic E-state index is 0.226. The van der Waals surface area contributed by atoms with E-state index in [9.17, 15) is 9.59 Å². The molecule has 0 saturated carbocycles. The molecule has 1 heterocycles. The lowest BCUT2D eigenvalue weighted by Gasteiger charge is -2.11. The molecule has 0 aliphatic carbocycles. The molecule has 0 unspecified atom stereocenters. The third-order valence-electron chi connectivity index (χ3n) is 3.87. The number of hydrogen-bond acceptors (Lipinski definition) is 6. The molecule has 3 aromatic rings. The van der Waals surface area contributed by atoms with Crippen molar-refractivity contribution in [2.75, 3.05) is 11.9 Å². The number of carbonyl (C=O) groups excluding carboxylic acids is 2. The summed E-state index contributed by atoms with van der Waals surface area (Å²) in [5, 5.41) is 14.6. The van der Waals surface area contributed by atoms with Crippen LogP contribution in [-0.4, -0.2) is 38.7 Å². The van der Waals surface area contributed by atoms with Crippen LogP contribution < -0.4 is 5.32 Å². The van der Waals surface area contributed by atoms with Gasteiger partial charge in [0.15, 0.2) is 13.2 Å². The van der Waals surface area contributed by atoms with E-state index in [1.54, 1.807) is 0 Å². The van der Waals surface area contributed by atoms with E-state index in [2.05, 4.69) is 20.7 Å². The Morgan fingerprint density at radius 3 is 2.44 bits per heavy atom. The van der Waals surface area contributed by atoms with Crippen molar-refractivity contribution in [1.82, 2.24) is 20.2 Å². The molecule has 1 N–H and O–H groups in total. The summed E-state index contributed by atoms with van der Waals surface area (Å²) in [6.07, 6.45) is 0. The molecule has 0 aliphatic heterocycles. The van der Waals surface area contributed by atoms with E-state index in [1.165, 1.54) is 0 Å². The second-order valence-electron chi connectivity index (χ2n) is 5.99. The van der Waals surface area contributed by atoms with Crippen molar-refractivity contribution in [3.63, 3.8) is 0 Å². The average Bonchev–Trinajstić information content (AvgIpc) is 3.12. The number of tetrazole rings is 1. The number of aryl methyl sites for hydroxylation is 2. The van der Waals surface area contributed by atoms with E-state index < -0.39 is 11.9 Å². The summed E-state index contributed by atoms with van der Waals surface area (Å²) in [7, 11) is 0. The molecule has 8 heteroatoms. The third-order valence-corrected chi connectivity index (χ3v) is 3.87. The number of anilines is 1. The Labute approximate surface area is 156 Å². The van der Waals surface area contributed by atoms with Crippen molar-refractivity contribution >= 4 is 17.6 Å². The van der Waals surface area contributed by atoms with Crippen LogP contribution in [0.1, 0.15) is 11.1 Å². The summed E-state index contributed by atoms with van der Waals surface area (Å²) in [6.45, 7) is 3.19. The molecule has 3 rings (SSSR count). The first-order valence-electron chi connectivity index (χ1n) is 8.38. The van der Waals surface area contributed by atoms with Crippen molar-refractivity contribution < 1.29 is 14.3 Å². The fraction of sp³-hybridized carbons (Fsp3) is 0.211. The Hall–Kier alpha value is -3.55. The molecule has 1 amide bonds. The van der Waals surface area contributed by atoms with Crippen LogP contribution in [0.5, 0.6) is 0 Å². The molecule has 0 aliphatic rings. The highest BCUT2D eigenvalue weighted by Crippen LogP contribution is 2.19. The Bertz CT molecular complexity index is 933. The van der Waals surface area contributed by atoms with Crippen LogP contribution in [0.25, 0.3) is 11.4 Å². The first-order valence-corrected chi connectivity index (χ1v) is 8.38. The number of nitrogens with zero attached hydrogens (tertiary/aromatic N) is 4. The van der Waals surface area contributed by atoms with Crippen LogP contribution in [0, 0.1) is 13.8 Å². The zero-order chi connectivity index (χ0) is 19.2. The van der Waals surface area contributed by atoms with Gasteiger partial charge in [-0.2, -0.15) is 4.80 Å². The number of para-hydroxylation sites is 1. The van der Waals surface area contributed by atoms with Crippen LogP contribution in [0.15, 0.2) is 48.5 Å². The number of rotatable bonds is 6. The molecule has 0 spiro atoms. The van der Waals surface area contributed by atoms with E-state index in [4.69, 9.17) is 4.74 Å². The topological polar surface area (TPSA) is 99.0 Å². The monoisotopic (exact) mass is 365 g/mol. The van der Waals surface area contributed by atoms with Gasteiger partial charge in [0.05, 0.1) is 0 Å².